The molecule has 2 aliphatic rings. The first kappa shape index (κ1) is 9.80. The molecule has 78 valence electrons. The Hall–Kier alpha value is -0.740. The van der Waals surface area contributed by atoms with Crippen molar-refractivity contribution in [1.82, 2.24) is 5.06 Å². The fraction of sp³-hybridized carbons (Fsp3) is 0.800. The molecule has 0 amide bonds. The topological polar surface area (TPSA) is 57.6 Å². The summed E-state index contributed by atoms with van der Waals surface area (Å²) in [5.41, 5.74) is 0. The molecule has 2 rings (SSSR count). The van der Waals surface area contributed by atoms with Crippen molar-refractivity contribution in [2.45, 2.75) is 31.7 Å². The first-order chi connectivity index (χ1) is 6.74. The van der Waals surface area contributed by atoms with Crippen molar-refractivity contribution in [2.75, 3.05) is 6.54 Å². The van der Waals surface area contributed by atoms with Crippen LogP contribution >= 0.6 is 0 Å². The molecule has 2 fully saturated rings. The lowest BCUT2D eigenvalue weighted by Crippen LogP contribution is -2.38. The second-order valence-corrected chi connectivity index (χ2v) is 4.30. The molecule has 0 aromatic rings. The highest BCUT2D eigenvalue weighted by Crippen LogP contribution is 2.39. The summed E-state index contributed by atoms with van der Waals surface area (Å²) < 4.78 is 0. The van der Waals surface area contributed by atoms with Gasteiger partial charge in [0.1, 0.15) is 6.04 Å². The molecule has 0 bridgehead atoms. The summed E-state index contributed by atoms with van der Waals surface area (Å²) in [6, 6.07) is -0.558. The van der Waals surface area contributed by atoms with Gasteiger partial charge in [-0.1, -0.05) is 12.8 Å². The minimum Gasteiger partial charge on any atom is -0.313 e. The maximum atomic E-state index is 11.3. The molecule has 1 aliphatic heterocycles. The summed E-state index contributed by atoms with van der Waals surface area (Å²) in [5, 5.41) is 10.6. The highest BCUT2D eigenvalue weighted by Gasteiger charge is 2.45. The summed E-state index contributed by atoms with van der Waals surface area (Å²) in [6.45, 7) is 0.551. The van der Waals surface area contributed by atoms with Crippen LogP contribution in [0.4, 0.5) is 0 Å². The van der Waals surface area contributed by atoms with Crippen molar-refractivity contribution in [3.63, 3.8) is 0 Å². The Kier molecular flexibility index (Phi) is 2.65. The molecule has 4 heteroatoms. The molecule has 1 heterocycles. The van der Waals surface area contributed by atoms with Crippen molar-refractivity contribution in [1.29, 1.82) is 0 Å². The molecule has 14 heavy (non-hydrogen) atoms. The van der Waals surface area contributed by atoms with Crippen molar-refractivity contribution >= 4 is 12.1 Å². The first-order valence-corrected chi connectivity index (χ1v) is 5.18. The average Bonchev–Trinajstić information content (AvgIpc) is 2.53. The second-order valence-electron chi connectivity index (χ2n) is 4.30. The highest BCUT2D eigenvalue weighted by atomic mass is 16.5. The molecule has 4 nitrogen and oxygen atoms in total. The minimum atomic E-state index is -0.558. The van der Waals surface area contributed by atoms with E-state index in [1.165, 1.54) is 6.42 Å². The summed E-state index contributed by atoms with van der Waals surface area (Å²) in [7, 11) is 0. The lowest BCUT2D eigenvalue weighted by molar-refractivity contribution is -0.150. The van der Waals surface area contributed by atoms with E-state index in [1.807, 2.05) is 0 Å². The third kappa shape index (κ3) is 1.48. The van der Waals surface area contributed by atoms with E-state index in [0.29, 0.717) is 18.7 Å². The summed E-state index contributed by atoms with van der Waals surface area (Å²) in [5.74, 6) is 0.135. The molecular formula is C10H15NO3. The molecule has 1 saturated heterocycles. The zero-order valence-corrected chi connectivity index (χ0v) is 8.06. The van der Waals surface area contributed by atoms with Crippen LogP contribution in [0.5, 0.6) is 0 Å². The van der Waals surface area contributed by atoms with Gasteiger partial charge in [0.05, 0.1) is 0 Å². The Morgan fingerprint density at radius 3 is 2.79 bits per heavy atom. The van der Waals surface area contributed by atoms with Crippen molar-refractivity contribution in [3.05, 3.63) is 0 Å². The Labute approximate surface area is 82.8 Å². The van der Waals surface area contributed by atoms with Gasteiger partial charge in [-0.05, 0) is 24.7 Å². The largest absolute Gasteiger partial charge is 0.313 e. The number of nitrogens with zero attached hydrogens (tertiary/aromatic N) is 1. The quantitative estimate of drug-likeness (QED) is 0.521. The van der Waals surface area contributed by atoms with E-state index < -0.39 is 11.8 Å². The standard InChI is InChI=1S/C10H15NO3/c12-6-9(13)10-8-4-2-1-3-7(8)5-11(10)14/h6-8,10,14H,1-5H2. The molecular weight excluding hydrogens is 182 g/mol. The Bertz CT molecular complexity index is 254. The number of Topliss-reactive ketones (excluding diaryl/α,β-unsaturated/α-hetero) is 1. The number of carbonyl (C=O) groups excluding carboxylic acids is 2. The van der Waals surface area contributed by atoms with Gasteiger partial charge in [-0.3, -0.25) is 9.59 Å². The van der Waals surface area contributed by atoms with Gasteiger partial charge in [0.25, 0.3) is 0 Å². The molecule has 0 aromatic carbocycles. The third-order valence-electron chi connectivity index (χ3n) is 3.52. The van der Waals surface area contributed by atoms with Gasteiger partial charge in [-0.25, -0.2) is 0 Å². The van der Waals surface area contributed by atoms with Gasteiger partial charge in [-0.2, -0.15) is 5.06 Å². The number of fused-ring (bicyclic) bond motifs is 1. The van der Waals surface area contributed by atoms with Gasteiger partial charge < -0.3 is 5.21 Å². The number of hydrogen-bond donors (Lipinski definition) is 1. The predicted octanol–water partition coefficient (Wildman–Crippen LogP) is 0.634. The maximum Gasteiger partial charge on any atom is 0.214 e. The fourth-order valence-electron chi connectivity index (χ4n) is 2.88. The smallest absolute Gasteiger partial charge is 0.214 e. The molecule has 3 unspecified atom stereocenters. The van der Waals surface area contributed by atoms with Crippen LogP contribution in [0, 0.1) is 11.8 Å². The molecule has 3 atom stereocenters. The average molecular weight is 197 g/mol. The number of rotatable bonds is 2. The number of hydroxylamine groups is 2. The van der Waals surface area contributed by atoms with Crippen LogP contribution in [0.3, 0.4) is 0 Å². The Morgan fingerprint density at radius 2 is 2.07 bits per heavy atom. The zero-order chi connectivity index (χ0) is 10.1. The van der Waals surface area contributed by atoms with E-state index >= 15 is 0 Å². The normalized spacial score (nSPS) is 37.9. The number of ketones is 1. The zero-order valence-electron chi connectivity index (χ0n) is 8.06. The minimum absolute atomic E-state index is 0.200. The monoisotopic (exact) mass is 197 g/mol. The SMILES string of the molecule is O=CC(=O)C1C2CCCCC2CN1O. The molecule has 1 saturated carbocycles. The fourth-order valence-corrected chi connectivity index (χ4v) is 2.88. The van der Waals surface area contributed by atoms with Gasteiger partial charge in [0.2, 0.25) is 5.78 Å². The Morgan fingerprint density at radius 1 is 1.36 bits per heavy atom. The number of aldehydes is 1. The van der Waals surface area contributed by atoms with Gasteiger partial charge >= 0.3 is 0 Å². The second kappa shape index (κ2) is 3.79. The van der Waals surface area contributed by atoms with Crippen molar-refractivity contribution in [2.24, 2.45) is 11.8 Å². The highest BCUT2D eigenvalue weighted by molar-refractivity contribution is 6.27. The van der Waals surface area contributed by atoms with Gasteiger partial charge in [-0.15, -0.1) is 0 Å². The predicted molar refractivity (Wildman–Crippen MR) is 48.8 cm³/mol. The summed E-state index contributed by atoms with van der Waals surface area (Å²) in [4.78, 5) is 21.7. The van der Waals surface area contributed by atoms with Crippen molar-refractivity contribution < 1.29 is 14.8 Å². The van der Waals surface area contributed by atoms with Crippen LogP contribution in [0.15, 0.2) is 0 Å². The maximum absolute atomic E-state index is 11.3. The van der Waals surface area contributed by atoms with Gasteiger partial charge in [0.15, 0.2) is 6.29 Å². The van der Waals surface area contributed by atoms with E-state index in [0.717, 1.165) is 24.3 Å². The van der Waals surface area contributed by atoms with E-state index in [-0.39, 0.29) is 5.92 Å². The van der Waals surface area contributed by atoms with E-state index in [2.05, 4.69) is 0 Å². The van der Waals surface area contributed by atoms with E-state index in [9.17, 15) is 14.8 Å². The summed E-state index contributed by atoms with van der Waals surface area (Å²) >= 11 is 0. The van der Waals surface area contributed by atoms with Crippen LogP contribution in [0.1, 0.15) is 25.7 Å². The number of hydrogen-bond acceptors (Lipinski definition) is 4. The molecule has 0 radical (unpaired) electrons. The van der Waals surface area contributed by atoms with Crippen LogP contribution in [-0.2, 0) is 9.59 Å². The van der Waals surface area contributed by atoms with Crippen LogP contribution < -0.4 is 0 Å². The summed E-state index contributed by atoms with van der Waals surface area (Å²) in [6.07, 6.45) is 4.66. The van der Waals surface area contributed by atoms with E-state index in [4.69, 9.17) is 0 Å². The lowest BCUT2D eigenvalue weighted by atomic mass is 9.78. The van der Waals surface area contributed by atoms with Crippen LogP contribution in [-0.4, -0.2) is 34.9 Å². The molecule has 1 aliphatic carbocycles. The first-order valence-electron chi connectivity index (χ1n) is 5.18. The molecule has 0 spiro atoms. The number of carbonyl (C=O) groups is 2. The van der Waals surface area contributed by atoms with Crippen molar-refractivity contribution in [3.8, 4) is 0 Å². The Balaban J connectivity index is 2.15. The molecule has 0 aromatic heterocycles. The third-order valence-corrected chi connectivity index (χ3v) is 3.52. The van der Waals surface area contributed by atoms with Crippen LogP contribution in [0.2, 0.25) is 0 Å². The molecule has 1 N–H and O–H groups in total. The van der Waals surface area contributed by atoms with Crippen LogP contribution in [0.25, 0.3) is 0 Å². The lowest BCUT2D eigenvalue weighted by Gasteiger charge is -2.26. The van der Waals surface area contributed by atoms with Gasteiger partial charge in [0, 0.05) is 6.54 Å². The van der Waals surface area contributed by atoms with E-state index in [1.54, 1.807) is 0 Å².